The Kier molecular flexibility index (Phi) is 4.56. The Hall–Kier alpha value is -2.72. The number of aromatic carboxylic acids is 1. The highest BCUT2D eigenvalue weighted by atomic mass is 35.5. The van der Waals surface area contributed by atoms with Gasteiger partial charge in [-0.05, 0) is 44.5 Å². The van der Waals surface area contributed by atoms with Gasteiger partial charge in [-0.25, -0.2) is 14.3 Å². The predicted molar refractivity (Wildman–Crippen MR) is 99.0 cm³/mol. The molecule has 1 N–H and O–H groups in total. The van der Waals surface area contributed by atoms with Gasteiger partial charge in [0.05, 0.1) is 11.3 Å². The number of fused-ring (bicyclic) bond motifs is 1. The van der Waals surface area contributed by atoms with E-state index in [-0.39, 0.29) is 22.1 Å². The van der Waals surface area contributed by atoms with E-state index in [0.717, 1.165) is 4.31 Å². The number of halogens is 1. The number of nitrogens with zero attached hydrogens (tertiary/aromatic N) is 5. The van der Waals surface area contributed by atoms with Gasteiger partial charge in [0.1, 0.15) is 0 Å². The molecule has 2 aromatic heterocycles. The number of sulfonamides is 1. The molecule has 1 aromatic carbocycles. The first kappa shape index (κ1) is 19.1. The summed E-state index contributed by atoms with van der Waals surface area (Å²) in [5, 5.41) is 13.2. The third-order valence-electron chi connectivity index (χ3n) is 4.10. The molecule has 27 heavy (non-hydrogen) atoms. The van der Waals surface area contributed by atoms with Crippen LogP contribution < -0.4 is 4.31 Å². The van der Waals surface area contributed by atoms with Crippen molar-refractivity contribution >= 4 is 39.1 Å². The SMILES string of the molecule is Cc1cc(C)n2nc(S(=O)(=O)N(C)c3c(C(=O)O)ccc(Cl)c3C)nc2n1. The van der Waals surface area contributed by atoms with Crippen LogP contribution in [0.4, 0.5) is 5.69 Å². The zero-order chi connectivity index (χ0) is 20.1. The summed E-state index contributed by atoms with van der Waals surface area (Å²) >= 11 is 6.07. The smallest absolute Gasteiger partial charge is 0.337 e. The average molecular weight is 410 g/mol. The molecule has 0 saturated heterocycles. The molecule has 0 bridgehead atoms. The summed E-state index contributed by atoms with van der Waals surface area (Å²) in [7, 11) is -3.02. The molecule has 3 aromatic rings. The van der Waals surface area contributed by atoms with Crippen LogP contribution in [0.1, 0.15) is 27.3 Å². The lowest BCUT2D eigenvalue weighted by molar-refractivity contribution is 0.0697. The quantitative estimate of drug-likeness (QED) is 0.701. The molecule has 0 aliphatic heterocycles. The van der Waals surface area contributed by atoms with E-state index in [0.29, 0.717) is 17.0 Å². The van der Waals surface area contributed by atoms with Crippen LogP contribution in [0.2, 0.25) is 5.02 Å². The highest BCUT2D eigenvalue weighted by molar-refractivity contribution is 7.92. The van der Waals surface area contributed by atoms with Crippen LogP contribution in [0, 0.1) is 20.8 Å². The minimum absolute atomic E-state index is 0.0466. The fourth-order valence-electron chi connectivity index (χ4n) is 2.75. The van der Waals surface area contributed by atoms with E-state index in [1.165, 1.54) is 23.7 Å². The largest absolute Gasteiger partial charge is 0.478 e. The van der Waals surface area contributed by atoms with Gasteiger partial charge in [-0.3, -0.25) is 4.31 Å². The Labute approximate surface area is 160 Å². The molecule has 0 unspecified atom stereocenters. The number of anilines is 1. The molecule has 3 rings (SSSR count). The molecule has 0 fully saturated rings. The van der Waals surface area contributed by atoms with Gasteiger partial charge in [-0.15, -0.1) is 5.10 Å². The van der Waals surface area contributed by atoms with E-state index in [1.807, 2.05) is 0 Å². The van der Waals surface area contributed by atoms with Gasteiger partial charge in [0.25, 0.3) is 10.9 Å². The van der Waals surface area contributed by atoms with Gasteiger partial charge < -0.3 is 5.11 Å². The predicted octanol–water partition coefficient (Wildman–Crippen LogP) is 2.23. The molecule has 2 heterocycles. The number of aromatic nitrogens is 4. The lowest BCUT2D eigenvalue weighted by Gasteiger charge is -2.22. The number of hydrogen-bond donors (Lipinski definition) is 1. The lowest BCUT2D eigenvalue weighted by atomic mass is 10.1. The normalized spacial score (nSPS) is 11.7. The van der Waals surface area contributed by atoms with Crippen molar-refractivity contribution < 1.29 is 18.3 Å². The Morgan fingerprint density at radius 1 is 1.22 bits per heavy atom. The third-order valence-corrected chi connectivity index (χ3v) is 6.05. The van der Waals surface area contributed by atoms with E-state index >= 15 is 0 Å². The van der Waals surface area contributed by atoms with Crippen molar-refractivity contribution in [1.82, 2.24) is 19.6 Å². The topological polar surface area (TPSA) is 118 Å². The molecule has 9 nitrogen and oxygen atoms in total. The molecule has 11 heteroatoms. The van der Waals surface area contributed by atoms with Gasteiger partial charge in [0, 0.05) is 23.5 Å². The summed E-state index contributed by atoms with van der Waals surface area (Å²) in [6.07, 6.45) is 0. The average Bonchev–Trinajstić information content (AvgIpc) is 3.01. The molecule has 0 radical (unpaired) electrons. The molecule has 0 saturated carbocycles. The first-order valence-corrected chi connectivity index (χ1v) is 9.58. The fraction of sp³-hybridized carbons (Fsp3) is 0.250. The van der Waals surface area contributed by atoms with Gasteiger partial charge in [0.2, 0.25) is 0 Å². The Morgan fingerprint density at radius 3 is 2.52 bits per heavy atom. The van der Waals surface area contributed by atoms with Gasteiger partial charge >= 0.3 is 16.0 Å². The van der Waals surface area contributed by atoms with Crippen molar-refractivity contribution in [2.24, 2.45) is 0 Å². The maximum Gasteiger partial charge on any atom is 0.337 e. The lowest BCUT2D eigenvalue weighted by Crippen LogP contribution is -2.30. The van der Waals surface area contributed by atoms with Crippen LogP contribution in [-0.2, 0) is 10.0 Å². The van der Waals surface area contributed by atoms with Crippen LogP contribution >= 0.6 is 11.6 Å². The zero-order valence-electron chi connectivity index (χ0n) is 14.9. The number of carboxylic acid groups (broad SMARTS) is 1. The first-order chi connectivity index (χ1) is 12.5. The van der Waals surface area contributed by atoms with Crippen LogP contribution in [0.3, 0.4) is 0 Å². The fourth-order valence-corrected chi connectivity index (χ4v) is 4.01. The molecule has 0 amide bonds. The van der Waals surface area contributed by atoms with E-state index in [2.05, 4.69) is 15.1 Å². The van der Waals surface area contributed by atoms with Gasteiger partial charge in [0.15, 0.2) is 0 Å². The van der Waals surface area contributed by atoms with Crippen molar-refractivity contribution in [2.45, 2.75) is 25.9 Å². The monoisotopic (exact) mass is 409 g/mol. The number of benzene rings is 1. The Bertz CT molecular complexity index is 1190. The van der Waals surface area contributed by atoms with Crippen molar-refractivity contribution in [3.63, 3.8) is 0 Å². The maximum absolute atomic E-state index is 13.1. The highest BCUT2D eigenvalue weighted by Gasteiger charge is 2.31. The van der Waals surface area contributed by atoms with Crippen molar-refractivity contribution in [3.8, 4) is 0 Å². The summed E-state index contributed by atoms with van der Waals surface area (Å²) in [4.78, 5) is 19.7. The summed E-state index contributed by atoms with van der Waals surface area (Å²) < 4.78 is 28.3. The minimum atomic E-state index is -4.25. The molecule has 0 aliphatic rings. The van der Waals surface area contributed by atoms with E-state index in [9.17, 15) is 18.3 Å². The molecule has 0 aliphatic carbocycles. The maximum atomic E-state index is 13.1. The van der Waals surface area contributed by atoms with E-state index in [1.54, 1.807) is 26.8 Å². The summed E-state index contributed by atoms with van der Waals surface area (Å²) in [5.41, 5.74) is 1.41. The number of aryl methyl sites for hydroxylation is 2. The van der Waals surface area contributed by atoms with E-state index < -0.39 is 21.1 Å². The molecule has 142 valence electrons. The second-order valence-electron chi connectivity index (χ2n) is 5.99. The van der Waals surface area contributed by atoms with Crippen molar-refractivity contribution in [3.05, 3.63) is 45.7 Å². The number of hydrogen-bond acceptors (Lipinski definition) is 6. The van der Waals surface area contributed by atoms with Crippen molar-refractivity contribution in [2.75, 3.05) is 11.4 Å². The third kappa shape index (κ3) is 3.10. The summed E-state index contributed by atoms with van der Waals surface area (Å²) in [6.45, 7) is 5.05. The summed E-state index contributed by atoms with van der Waals surface area (Å²) in [6, 6.07) is 4.40. The second kappa shape index (κ2) is 6.46. The number of rotatable bonds is 4. The molecule has 0 spiro atoms. The zero-order valence-corrected chi connectivity index (χ0v) is 16.5. The molecular formula is C16H16ClN5O4S. The minimum Gasteiger partial charge on any atom is -0.478 e. The second-order valence-corrected chi connectivity index (χ2v) is 8.26. The Balaban J connectivity index is 2.21. The van der Waals surface area contributed by atoms with Crippen LogP contribution in [0.25, 0.3) is 5.78 Å². The van der Waals surface area contributed by atoms with Crippen LogP contribution in [0.5, 0.6) is 0 Å². The molecular weight excluding hydrogens is 394 g/mol. The Morgan fingerprint density at radius 2 is 1.89 bits per heavy atom. The van der Waals surface area contributed by atoms with Crippen LogP contribution in [0.15, 0.2) is 23.4 Å². The van der Waals surface area contributed by atoms with Crippen molar-refractivity contribution in [1.29, 1.82) is 0 Å². The number of carboxylic acids is 1. The van der Waals surface area contributed by atoms with Gasteiger partial charge in [-0.2, -0.15) is 13.4 Å². The van der Waals surface area contributed by atoms with Gasteiger partial charge in [-0.1, -0.05) is 11.6 Å². The molecule has 0 atom stereocenters. The summed E-state index contributed by atoms with van der Waals surface area (Å²) in [5.74, 6) is -1.14. The highest BCUT2D eigenvalue weighted by Crippen LogP contribution is 2.33. The van der Waals surface area contributed by atoms with E-state index in [4.69, 9.17) is 11.6 Å². The number of carbonyl (C=O) groups is 1. The standard InChI is InChI=1S/C16H16ClN5O4S/c1-8-7-9(2)22-15(18-8)19-16(20-22)27(25,26)21(4)13-10(3)12(17)6-5-11(13)14(23)24/h5-7H,1-4H3,(H,23,24). The van der Waals surface area contributed by atoms with Crippen LogP contribution in [-0.4, -0.2) is 46.1 Å². The first-order valence-electron chi connectivity index (χ1n) is 7.76.